The van der Waals surface area contributed by atoms with Gasteiger partial charge in [-0.2, -0.15) is 0 Å². The van der Waals surface area contributed by atoms with E-state index >= 15 is 0 Å². The van der Waals surface area contributed by atoms with Crippen LogP contribution in [-0.4, -0.2) is 28.2 Å². The lowest BCUT2D eigenvalue weighted by molar-refractivity contribution is -0.123. The van der Waals surface area contributed by atoms with Gasteiger partial charge in [-0.25, -0.2) is 0 Å². The van der Waals surface area contributed by atoms with Crippen molar-refractivity contribution in [2.45, 2.75) is 70.5 Å². The fourth-order valence-electron chi connectivity index (χ4n) is 3.38. The molecule has 2 heterocycles. The van der Waals surface area contributed by atoms with Gasteiger partial charge in [-0.3, -0.25) is 4.79 Å². The summed E-state index contributed by atoms with van der Waals surface area (Å²) in [7, 11) is 0. The molecule has 3 atom stereocenters. The highest BCUT2D eigenvalue weighted by Gasteiger charge is 2.38. The predicted octanol–water partition coefficient (Wildman–Crippen LogP) is 2.62. The number of fused-ring (bicyclic) bond motifs is 1. The summed E-state index contributed by atoms with van der Waals surface area (Å²) < 4.78 is 0. The van der Waals surface area contributed by atoms with E-state index in [0.29, 0.717) is 24.4 Å². The molecule has 1 amide bonds. The van der Waals surface area contributed by atoms with Crippen molar-refractivity contribution >= 4 is 29.7 Å². The van der Waals surface area contributed by atoms with Crippen LogP contribution in [0.25, 0.3) is 0 Å². The minimum atomic E-state index is -0.0180. The van der Waals surface area contributed by atoms with Crippen LogP contribution in [0, 0.1) is 5.92 Å². The van der Waals surface area contributed by atoms with Gasteiger partial charge in [0.15, 0.2) is 0 Å². The maximum Gasteiger partial charge on any atom is 0.237 e. The van der Waals surface area contributed by atoms with E-state index in [1.807, 2.05) is 0 Å². The average molecular weight is 345 g/mol. The number of carbonyl (C=O) groups is 1. The smallest absolute Gasteiger partial charge is 0.237 e. The minimum absolute atomic E-state index is 0. The van der Waals surface area contributed by atoms with E-state index in [-0.39, 0.29) is 24.4 Å². The molecule has 1 saturated heterocycles. The van der Waals surface area contributed by atoms with Crippen LogP contribution >= 0.6 is 23.7 Å². The monoisotopic (exact) mass is 344 g/mol. The highest BCUT2D eigenvalue weighted by molar-refractivity contribution is 7.11. The summed E-state index contributed by atoms with van der Waals surface area (Å²) in [4.78, 5) is 12.3. The molecule has 1 saturated carbocycles. The summed E-state index contributed by atoms with van der Waals surface area (Å²) >= 11 is 1.59. The summed E-state index contributed by atoms with van der Waals surface area (Å²) in [6.45, 7) is 4.71. The quantitative estimate of drug-likeness (QED) is 0.881. The van der Waals surface area contributed by atoms with Gasteiger partial charge in [-0.1, -0.05) is 38.0 Å². The van der Waals surface area contributed by atoms with Crippen molar-refractivity contribution in [3.63, 3.8) is 0 Å². The van der Waals surface area contributed by atoms with Crippen molar-refractivity contribution in [1.82, 2.24) is 20.8 Å². The zero-order valence-electron chi connectivity index (χ0n) is 13.2. The third kappa shape index (κ3) is 3.97. The largest absolute Gasteiger partial charge is 0.348 e. The Bertz CT molecular complexity index is 493. The molecule has 22 heavy (non-hydrogen) atoms. The van der Waals surface area contributed by atoms with Crippen LogP contribution in [0.4, 0.5) is 0 Å². The second-order valence-corrected chi connectivity index (χ2v) is 7.61. The maximum atomic E-state index is 12.3. The number of hydrogen-bond donors (Lipinski definition) is 2. The first-order valence-corrected chi connectivity index (χ1v) is 8.81. The number of hydrogen-bond acceptors (Lipinski definition) is 5. The van der Waals surface area contributed by atoms with E-state index in [2.05, 4.69) is 34.7 Å². The normalized spacial score (nSPS) is 27.3. The minimum Gasteiger partial charge on any atom is -0.348 e. The van der Waals surface area contributed by atoms with Gasteiger partial charge < -0.3 is 10.6 Å². The van der Waals surface area contributed by atoms with Crippen molar-refractivity contribution in [3.05, 3.63) is 10.0 Å². The zero-order valence-corrected chi connectivity index (χ0v) is 14.8. The molecule has 0 aromatic carbocycles. The fourth-order valence-corrected chi connectivity index (χ4v) is 4.16. The summed E-state index contributed by atoms with van der Waals surface area (Å²) in [5, 5.41) is 16.7. The maximum absolute atomic E-state index is 12.3. The molecule has 0 bridgehead atoms. The van der Waals surface area contributed by atoms with E-state index in [9.17, 15) is 4.79 Å². The van der Waals surface area contributed by atoms with Crippen LogP contribution in [0.3, 0.4) is 0 Å². The number of amides is 1. The van der Waals surface area contributed by atoms with E-state index < -0.39 is 0 Å². The molecular weight excluding hydrogens is 320 g/mol. The van der Waals surface area contributed by atoms with E-state index in [1.54, 1.807) is 11.3 Å². The molecule has 1 aromatic heterocycles. The van der Waals surface area contributed by atoms with Crippen molar-refractivity contribution in [2.75, 3.05) is 0 Å². The second-order valence-electron chi connectivity index (χ2n) is 6.51. The molecule has 0 radical (unpaired) electrons. The Balaban J connectivity index is 0.00000176. The molecule has 2 aliphatic rings. The first-order chi connectivity index (χ1) is 10.1. The van der Waals surface area contributed by atoms with Crippen LogP contribution in [0.15, 0.2) is 0 Å². The predicted molar refractivity (Wildman–Crippen MR) is 90.4 cm³/mol. The average Bonchev–Trinajstić information content (AvgIpc) is 3.11. The number of halogens is 1. The van der Waals surface area contributed by atoms with Crippen molar-refractivity contribution in [3.8, 4) is 0 Å². The van der Waals surface area contributed by atoms with E-state index in [1.165, 1.54) is 25.7 Å². The molecule has 3 rings (SSSR count). The van der Waals surface area contributed by atoms with Gasteiger partial charge in [0, 0.05) is 12.0 Å². The molecule has 0 spiro atoms. The molecule has 2 N–H and O–H groups in total. The Morgan fingerprint density at radius 1 is 1.36 bits per heavy atom. The Kier molecular flexibility index (Phi) is 6.17. The van der Waals surface area contributed by atoms with Crippen molar-refractivity contribution in [1.29, 1.82) is 0 Å². The van der Waals surface area contributed by atoms with Crippen molar-refractivity contribution < 1.29 is 4.79 Å². The molecule has 7 heteroatoms. The van der Waals surface area contributed by atoms with Gasteiger partial charge >= 0.3 is 0 Å². The Hall–Kier alpha value is -0.720. The molecule has 2 fully saturated rings. The third-order valence-electron chi connectivity index (χ3n) is 4.57. The molecule has 124 valence electrons. The summed E-state index contributed by atoms with van der Waals surface area (Å²) in [6.07, 6.45) is 6.10. The molecule has 5 nitrogen and oxygen atoms in total. The third-order valence-corrected chi connectivity index (χ3v) is 5.79. The summed E-state index contributed by atoms with van der Waals surface area (Å²) in [5.74, 6) is 1.21. The Labute approximate surface area is 142 Å². The van der Waals surface area contributed by atoms with Crippen LogP contribution in [0.1, 0.15) is 61.9 Å². The number of nitrogens with zero attached hydrogens (tertiary/aromatic N) is 2. The summed E-state index contributed by atoms with van der Waals surface area (Å²) in [5.41, 5.74) is 0. The highest BCUT2D eigenvalue weighted by atomic mass is 35.5. The van der Waals surface area contributed by atoms with E-state index in [0.717, 1.165) is 16.4 Å². The topological polar surface area (TPSA) is 66.9 Å². The molecule has 1 aliphatic heterocycles. The lowest BCUT2D eigenvalue weighted by atomic mass is 9.85. The number of nitrogens with one attached hydrogen (secondary N) is 2. The zero-order chi connectivity index (χ0) is 14.8. The first-order valence-electron chi connectivity index (χ1n) is 7.99. The number of carbonyl (C=O) groups excluding carboxylic acids is 1. The van der Waals surface area contributed by atoms with Gasteiger partial charge in [0.1, 0.15) is 10.0 Å². The highest BCUT2D eigenvalue weighted by Crippen LogP contribution is 2.33. The van der Waals surface area contributed by atoms with E-state index in [4.69, 9.17) is 0 Å². The lowest BCUT2D eigenvalue weighted by Crippen LogP contribution is -2.42. The molecule has 3 unspecified atom stereocenters. The fraction of sp³-hybridized carbons (Fsp3) is 0.800. The van der Waals surface area contributed by atoms with Gasteiger partial charge in [0.05, 0.1) is 12.6 Å². The molecule has 1 aromatic rings. The van der Waals surface area contributed by atoms with Crippen LogP contribution in [0.5, 0.6) is 0 Å². The number of aromatic nitrogens is 2. The lowest BCUT2D eigenvalue weighted by Gasteiger charge is -2.24. The number of rotatable bonds is 4. The Morgan fingerprint density at radius 2 is 2.14 bits per heavy atom. The molecular formula is C15H25ClN4OS. The second kappa shape index (κ2) is 7.70. The van der Waals surface area contributed by atoms with Gasteiger partial charge in [0.2, 0.25) is 5.91 Å². The van der Waals surface area contributed by atoms with Crippen LogP contribution in [-0.2, 0) is 11.3 Å². The van der Waals surface area contributed by atoms with Gasteiger partial charge in [-0.15, -0.1) is 22.6 Å². The van der Waals surface area contributed by atoms with Crippen LogP contribution in [0.2, 0.25) is 0 Å². The molecule has 1 aliphatic carbocycles. The van der Waals surface area contributed by atoms with Gasteiger partial charge in [-0.05, 0) is 25.2 Å². The standard InChI is InChI=1S/C15H24N4OS.ClH/c1-9(2)15-19-18-13(21-15)8-16-14(20)12-7-10-5-3-4-6-11(10)17-12;/h9-12,17H,3-8H2,1-2H3,(H,16,20);1H. The SMILES string of the molecule is CC(C)c1nnc(CNC(=O)C2CC3CCCCC3N2)s1.Cl. The van der Waals surface area contributed by atoms with Crippen LogP contribution < -0.4 is 10.6 Å². The first kappa shape index (κ1) is 17.6. The summed E-state index contributed by atoms with van der Waals surface area (Å²) in [6, 6.07) is 0.541. The van der Waals surface area contributed by atoms with Crippen molar-refractivity contribution in [2.24, 2.45) is 5.92 Å². The van der Waals surface area contributed by atoms with Gasteiger partial charge in [0.25, 0.3) is 0 Å². The Morgan fingerprint density at radius 3 is 2.82 bits per heavy atom.